The van der Waals surface area contributed by atoms with Gasteiger partial charge in [-0.1, -0.05) is 29.8 Å². The van der Waals surface area contributed by atoms with E-state index in [1.807, 2.05) is 4.90 Å². The van der Waals surface area contributed by atoms with Crippen molar-refractivity contribution >= 4 is 34.7 Å². The number of rotatable bonds is 4. The molecule has 1 aliphatic rings. The van der Waals surface area contributed by atoms with Crippen LogP contribution in [0.25, 0.3) is 0 Å². The number of carbonyl (C=O) groups excluding carboxylic acids is 1. The molecule has 1 aromatic rings. The first-order valence-electron chi connectivity index (χ1n) is 7.33. The van der Waals surface area contributed by atoms with E-state index in [0.717, 1.165) is 17.2 Å². The van der Waals surface area contributed by atoms with Crippen LogP contribution in [0.15, 0.2) is 35.9 Å². The lowest BCUT2D eigenvalue weighted by Gasteiger charge is -2.36. The summed E-state index contributed by atoms with van der Waals surface area (Å²) in [5.74, 6) is -1.46. The SMILES string of the molecule is C#S[C@@H]1CCN([C@H](C(=O)OC)c2ccccc2Cl)C/C1=C/C(=O)O. The minimum atomic E-state index is -1.03. The predicted octanol–water partition coefficient (Wildman–Crippen LogP) is 2.96. The number of carboxylic acids is 1. The van der Waals surface area contributed by atoms with Crippen LogP contribution in [0.2, 0.25) is 5.02 Å². The maximum absolute atomic E-state index is 12.4. The van der Waals surface area contributed by atoms with Crippen molar-refractivity contribution < 1.29 is 19.4 Å². The fourth-order valence-corrected chi connectivity index (χ4v) is 3.64. The van der Waals surface area contributed by atoms with Gasteiger partial charge in [0.15, 0.2) is 0 Å². The number of carboxylic acid groups (broad SMARTS) is 1. The molecule has 0 saturated carbocycles. The number of halogens is 1. The molecule has 24 heavy (non-hydrogen) atoms. The average Bonchev–Trinajstić information content (AvgIpc) is 2.56. The number of hydrogen-bond donors (Lipinski definition) is 1. The summed E-state index contributed by atoms with van der Waals surface area (Å²) >= 11 is 7.37. The normalized spacial score (nSPS) is 21.2. The topological polar surface area (TPSA) is 66.8 Å². The van der Waals surface area contributed by atoms with Crippen LogP contribution in [0, 0.1) is 5.69 Å². The van der Waals surface area contributed by atoms with E-state index in [4.69, 9.17) is 27.1 Å². The van der Waals surface area contributed by atoms with E-state index in [0.29, 0.717) is 35.7 Å². The second kappa shape index (κ2) is 8.31. The number of likely N-dealkylation sites (tertiary alicyclic amines) is 1. The van der Waals surface area contributed by atoms with E-state index < -0.39 is 18.0 Å². The van der Waals surface area contributed by atoms with E-state index in [1.165, 1.54) is 7.11 Å². The summed E-state index contributed by atoms with van der Waals surface area (Å²) in [6.07, 6.45) is 1.80. The van der Waals surface area contributed by atoms with Crippen LogP contribution in [0.5, 0.6) is 0 Å². The third-order valence-corrected chi connectivity index (χ3v) is 5.15. The predicted molar refractivity (Wildman–Crippen MR) is 94.4 cm³/mol. The number of piperidine rings is 1. The molecule has 0 amide bonds. The van der Waals surface area contributed by atoms with Crippen molar-refractivity contribution in [1.82, 2.24) is 4.90 Å². The van der Waals surface area contributed by atoms with Crippen LogP contribution >= 0.6 is 22.8 Å². The lowest BCUT2D eigenvalue weighted by Crippen LogP contribution is -2.42. The van der Waals surface area contributed by atoms with Gasteiger partial charge >= 0.3 is 11.9 Å². The first-order chi connectivity index (χ1) is 11.5. The summed E-state index contributed by atoms with van der Waals surface area (Å²) in [7, 11) is 1.32. The molecule has 0 spiro atoms. The minimum Gasteiger partial charge on any atom is -0.478 e. The van der Waals surface area contributed by atoms with E-state index in [1.54, 1.807) is 24.3 Å². The zero-order chi connectivity index (χ0) is 17.7. The van der Waals surface area contributed by atoms with Gasteiger partial charge in [0.1, 0.15) is 6.04 Å². The molecule has 1 saturated heterocycles. The van der Waals surface area contributed by atoms with Crippen LogP contribution in [0.3, 0.4) is 0 Å². The van der Waals surface area contributed by atoms with Crippen molar-refractivity contribution in [2.75, 3.05) is 20.2 Å². The Morgan fingerprint density at radius 2 is 2.21 bits per heavy atom. The molecule has 5 nitrogen and oxygen atoms in total. The van der Waals surface area contributed by atoms with Crippen LogP contribution in [-0.2, 0) is 14.3 Å². The summed E-state index contributed by atoms with van der Waals surface area (Å²) in [5.41, 5.74) is 6.97. The van der Waals surface area contributed by atoms with Crippen molar-refractivity contribution in [2.24, 2.45) is 0 Å². The van der Waals surface area contributed by atoms with Crippen molar-refractivity contribution in [3.63, 3.8) is 0 Å². The Balaban J connectivity index is 2.38. The van der Waals surface area contributed by atoms with E-state index >= 15 is 0 Å². The second-order valence-electron chi connectivity index (χ2n) is 5.39. The number of carbonyl (C=O) groups is 2. The van der Waals surface area contributed by atoms with Crippen LogP contribution in [-0.4, -0.2) is 47.4 Å². The van der Waals surface area contributed by atoms with Gasteiger partial charge in [-0.25, -0.2) is 9.59 Å². The number of esters is 1. The molecule has 128 valence electrons. The average molecular weight is 368 g/mol. The Bertz CT molecular complexity index is 713. The first-order valence-corrected chi connectivity index (χ1v) is 8.65. The lowest BCUT2D eigenvalue weighted by atomic mass is 9.98. The van der Waals surface area contributed by atoms with E-state index in [2.05, 4.69) is 0 Å². The van der Waals surface area contributed by atoms with Gasteiger partial charge in [-0.3, -0.25) is 4.90 Å². The number of hydrogen-bond acceptors (Lipinski definition) is 4. The van der Waals surface area contributed by atoms with Crippen molar-refractivity contribution in [3.05, 3.63) is 46.5 Å². The molecule has 0 radical (unpaired) electrons. The summed E-state index contributed by atoms with van der Waals surface area (Å²) in [5, 5.41) is 9.45. The van der Waals surface area contributed by atoms with Crippen molar-refractivity contribution in [1.29, 1.82) is 0 Å². The smallest absolute Gasteiger partial charge is 0.328 e. The Morgan fingerprint density at radius 3 is 2.79 bits per heavy atom. The first kappa shape index (κ1) is 18.5. The van der Waals surface area contributed by atoms with Gasteiger partial charge in [-0.2, -0.15) is 0 Å². The Morgan fingerprint density at radius 1 is 1.50 bits per heavy atom. The Labute approximate surface area is 149 Å². The summed E-state index contributed by atoms with van der Waals surface area (Å²) in [6.45, 7) is 0.892. The number of aliphatic carboxylic acids is 1. The fraction of sp³-hybridized carbons (Fsp3) is 0.353. The third kappa shape index (κ3) is 4.16. The standard InChI is InChI=1S/C17H18ClNO4S/c1-23-17(22)16(12-5-3-4-6-13(12)18)19-8-7-14(24-2)11(10-19)9-15(20)21/h2-6,9,14,16H,7-8,10H2,1H3,(H,20,21)/b11-9-/t14-,16+/m1/s1. The molecule has 0 aromatic heterocycles. The monoisotopic (exact) mass is 367 g/mol. The van der Waals surface area contributed by atoms with Crippen LogP contribution < -0.4 is 0 Å². The van der Waals surface area contributed by atoms with Gasteiger partial charge in [0, 0.05) is 24.2 Å². The number of methoxy groups -OCH3 is 1. The molecule has 7 heteroatoms. The molecule has 2 atom stereocenters. The maximum atomic E-state index is 12.4. The van der Waals surface area contributed by atoms with Crippen molar-refractivity contribution in [2.45, 2.75) is 17.7 Å². The van der Waals surface area contributed by atoms with Gasteiger partial charge in [-0.15, -0.1) is 16.9 Å². The van der Waals surface area contributed by atoms with Gasteiger partial charge in [0.2, 0.25) is 0 Å². The van der Waals surface area contributed by atoms with Gasteiger partial charge in [-0.05, 0) is 23.6 Å². The highest BCUT2D eigenvalue weighted by Gasteiger charge is 2.34. The molecule has 1 N–H and O–H groups in total. The van der Waals surface area contributed by atoms with Gasteiger partial charge in [0.05, 0.1) is 12.4 Å². The highest BCUT2D eigenvalue weighted by atomic mass is 35.5. The quantitative estimate of drug-likeness (QED) is 0.654. The second-order valence-corrected chi connectivity index (χ2v) is 6.64. The maximum Gasteiger partial charge on any atom is 0.328 e. The zero-order valence-corrected chi connectivity index (χ0v) is 14.7. The highest BCUT2D eigenvalue weighted by molar-refractivity contribution is 7.89. The summed E-state index contributed by atoms with van der Waals surface area (Å²) < 4.78 is 4.94. The molecular weight excluding hydrogens is 350 g/mol. The molecule has 2 rings (SSSR count). The molecule has 0 unspecified atom stereocenters. The lowest BCUT2D eigenvalue weighted by molar-refractivity contribution is -0.147. The minimum absolute atomic E-state index is 0.0816. The van der Waals surface area contributed by atoms with Gasteiger partial charge in [0.25, 0.3) is 0 Å². The molecule has 1 fully saturated rings. The largest absolute Gasteiger partial charge is 0.478 e. The summed E-state index contributed by atoms with van der Waals surface area (Å²) in [6, 6.07) is 6.38. The zero-order valence-electron chi connectivity index (χ0n) is 13.1. The van der Waals surface area contributed by atoms with E-state index in [9.17, 15) is 9.59 Å². The Kier molecular flexibility index (Phi) is 6.40. The van der Waals surface area contributed by atoms with Gasteiger partial charge < -0.3 is 9.84 Å². The molecular formula is C17H18ClNO4S. The number of ether oxygens (including phenoxy) is 1. The Hall–Kier alpha value is -1.85. The molecule has 1 heterocycles. The molecule has 1 aromatic carbocycles. The molecule has 0 aliphatic carbocycles. The van der Waals surface area contributed by atoms with Crippen LogP contribution in [0.4, 0.5) is 0 Å². The molecule has 0 bridgehead atoms. The van der Waals surface area contributed by atoms with Crippen LogP contribution in [0.1, 0.15) is 18.0 Å². The third-order valence-electron chi connectivity index (χ3n) is 3.94. The van der Waals surface area contributed by atoms with Crippen molar-refractivity contribution in [3.8, 4) is 5.69 Å². The number of benzene rings is 1. The molecule has 1 aliphatic heterocycles. The highest BCUT2D eigenvalue weighted by Crippen LogP contribution is 2.33. The number of nitrogens with zero attached hydrogens (tertiary/aromatic N) is 1. The fourth-order valence-electron chi connectivity index (χ4n) is 2.84. The summed E-state index contributed by atoms with van der Waals surface area (Å²) in [4.78, 5) is 25.3. The van der Waals surface area contributed by atoms with E-state index in [-0.39, 0.29) is 5.25 Å².